The summed E-state index contributed by atoms with van der Waals surface area (Å²) in [6.45, 7) is 0.759. The van der Waals surface area contributed by atoms with Gasteiger partial charge in [0, 0.05) is 44.3 Å². The highest BCUT2D eigenvalue weighted by Crippen LogP contribution is 2.32. The van der Waals surface area contributed by atoms with E-state index in [0.29, 0.717) is 44.8 Å². The van der Waals surface area contributed by atoms with E-state index in [4.69, 9.17) is 28.9 Å². The van der Waals surface area contributed by atoms with Gasteiger partial charge in [0.05, 0.1) is 76.7 Å². The number of methoxy groups -OCH3 is 4. The van der Waals surface area contributed by atoms with Gasteiger partial charge in [-0.15, -0.1) is 0 Å². The molecule has 8 aromatic rings. The Morgan fingerprint density at radius 2 is 0.562 bits per heavy atom. The summed E-state index contributed by atoms with van der Waals surface area (Å²) in [7, 11) is 5.35. The molecule has 12 rings (SSSR count). The second-order valence-electron chi connectivity index (χ2n) is 15.3. The summed E-state index contributed by atoms with van der Waals surface area (Å²) >= 11 is 0. The SMILES string of the molecule is COC(=O)N1Cc2ccc(cc2)CN(C(=O)OC)c2ccc3cc4ccc(cc4nc3c2)N(C(=O)OC)Cc2ccc(cc2)CN(C(=O)OC)c2ccc3cc4ccc1cc4nc3c2. The predicted octanol–water partition coefficient (Wildman–Crippen LogP) is 10.5. The summed E-state index contributed by atoms with van der Waals surface area (Å²) in [5.74, 6) is 0. The first-order chi connectivity index (χ1) is 31.1. The highest BCUT2D eigenvalue weighted by molar-refractivity contribution is 6.00. The molecule has 4 aliphatic heterocycles. The fourth-order valence-electron chi connectivity index (χ4n) is 7.99. The van der Waals surface area contributed by atoms with Crippen LogP contribution in [0.4, 0.5) is 41.9 Å². The van der Waals surface area contributed by atoms with E-state index in [-0.39, 0.29) is 26.2 Å². The fraction of sp³-hybridized carbons (Fsp3) is 0.160. The van der Waals surface area contributed by atoms with Gasteiger partial charge in [0.1, 0.15) is 0 Å². The fourth-order valence-corrected chi connectivity index (χ4v) is 7.99. The molecule has 0 unspecified atom stereocenters. The number of carbonyl (C=O) groups is 4. The molecule has 64 heavy (non-hydrogen) atoms. The number of carbonyl (C=O) groups excluding carboxylic acids is 4. The van der Waals surface area contributed by atoms with Crippen molar-refractivity contribution in [3.05, 3.63) is 156 Å². The summed E-state index contributed by atoms with van der Waals surface area (Å²) in [5, 5.41) is 3.44. The minimum atomic E-state index is -0.550. The van der Waals surface area contributed by atoms with Crippen LogP contribution in [-0.2, 0) is 45.1 Å². The third-order valence-electron chi connectivity index (χ3n) is 11.4. The minimum absolute atomic E-state index is 0.190. The van der Waals surface area contributed by atoms with E-state index in [0.717, 1.165) is 43.8 Å². The van der Waals surface area contributed by atoms with Gasteiger partial charge in [0.25, 0.3) is 0 Å². The Hall–Kier alpha value is -8.26. The number of hydrogen-bond acceptors (Lipinski definition) is 10. The number of nitrogens with zero attached hydrogens (tertiary/aromatic N) is 6. The molecule has 0 spiro atoms. The summed E-state index contributed by atoms with van der Waals surface area (Å²) in [6.07, 6.45) is -2.20. The lowest BCUT2D eigenvalue weighted by Crippen LogP contribution is -2.31. The molecule has 4 aliphatic rings. The standard InChI is InChI=1S/C50H42N6O8/c1-61-47(57)53-27-31-5-7-32(8-6-31)28-54(48(58)62-2)41-19-15-37-22-38-16-20-42(26-46(38)52-45(37)25-41)56(50(60)64-4)30-34-11-9-33(10-12-34)29-55(49(59)63-3)40-18-14-36-21-35-13-17-39(53)23-43(35)51-44(36)24-40/h5-26H,27-30H2,1-4H3. The second-order valence-corrected chi connectivity index (χ2v) is 15.3. The summed E-state index contributed by atoms with van der Waals surface area (Å²) in [6, 6.07) is 41.6. The smallest absolute Gasteiger partial charge is 0.414 e. The average Bonchev–Trinajstić information content (AvgIpc) is 3.33. The monoisotopic (exact) mass is 854 g/mol. The van der Waals surface area contributed by atoms with Crippen LogP contribution in [0, 0.1) is 0 Å². The largest absolute Gasteiger partial charge is 0.452 e. The molecule has 14 heteroatoms. The van der Waals surface area contributed by atoms with Gasteiger partial charge in [0.15, 0.2) is 0 Å². The number of anilines is 4. The molecule has 2 aromatic heterocycles. The Labute approximate surface area is 367 Å². The molecular formula is C50H42N6O8. The van der Waals surface area contributed by atoms with E-state index >= 15 is 0 Å². The Morgan fingerprint density at radius 3 is 0.766 bits per heavy atom. The van der Waals surface area contributed by atoms with Crippen molar-refractivity contribution in [2.45, 2.75) is 26.2 Å². The van der Waals surface area contributed by atoms with Crippen LogP contribution in [0.3, 0.4) is 0 Å². The first kappa shape index (κ1) is 41.1. The van der Waals surface area contributed by atoms with Gasteiger partial charge in [-0.3, -0.25) is 19.6 Å². The minimum Gasteiger partial charge on any atom is -0.452 e. The highest BCUT2D eigenvalue weighted by atomic mass is 16.6. The first-order valence-corrected chi connectivity index (χ1v) is 20.4. The third kappa shape index (κ3) is 8.11. The van der Waals surface area contributed by atoms with Crippen molar-refractivity contribution in [2.75, 3.05) is 48.0 Å². The van der Waals surface area contributed by atoms with Crippen LogP contribution in [0.25, 0.3) is 43.6 Å². The topological polar surface area (TPSA) is 144 Å². The Kier molecular flexibility index (Phi) is 11.1. The van der Waals surface area contributed by atoms with Crippen LogP contribution >= 0.6 is 0 Å². The zero-order valence-electron chi connectivity index (χ0n) is 35.5. The lowest BCUT2D eigenvalue weighted by molar-refractivity contribution is 0.177. The second kappa shape index (κ2) is 17.2. The third-order valence-corrected chi connectivity index (χ3v) is 11.4. The molecule has 0 saturated carbocycles. The van der Waals surface area contributed by atoms with Crippen molar-refractivity contribution in [3.63, 3.8) is 0 Å². The van der Waals surface area contributed by atoms with E-state index in [1.54, 1.807) is 0 Å². The van der Waals surface area contributed by atoms with Crippen LogP contribution in [0.1, 0.15) is 22.3 Å². The van der Waals surface area contributed by atoms with Gasteiger partial charge in [-0.2, -0.15) is 0 Å². The van der Waals surface area contributed by atoms with Gasteiger partial charge in [-0.05, 0) is 82.9 Å². The molecule has 12 bridgehead atoms. The van der Waals surface area contributed by atoms with Crippen molar-refractivity contribution in [1.82, 2.24) is 9.97 Å². The Bertz CT molecular complexity index is 2710. The van der Waals surface area contributed by atoms with Crippen molar-refractivity contribution in [2.24, 2.45) is 0 Å². The molecule has 0 N–H and O–H groups in total. The van der Waals surface area contributed by atoms with E-state index in [9.17, 15) is 19.2 Å². The van der Waals surface area contributed by atoms with Crippen molar-refractivity contribution in [3.8, 4) is 0 Å². The molecule has 0 saturated heterocycles. The lowest BCUT2D eigenvalue weighted by atomic mass is 10.1. The van der Waals surface area contributed by atoms with Gasteiger partial charge in [-0.25, -0.2) is 29.1 Å². The molecule has 0 atom stereocenters. The first-order valence-electron chi connectivity index (χ1n) is 20.4. The molecule has 0 radical (unpaired) electrons. The molecule has 6 heterocycles. The Balaban J connectivity index is 1.16. The summed E-state index contributed by atoms with van der Waals surface area (Å²) < 4.78 is 20.9. The molecule has 6 aromatic carbocycles. The lowest BCUT2D eigenvalue weighted by Gasteiger charge is -2.24. The van der Waals surface area contributed by atoms with Crippen molar-refractivity contribution < 1.29 is 38.1 Å². The number of amides is 4. The molecule has 320 valence electrons. The maximum atomic E-state index is 13.3. The normalized spacial score (nSPS) is 13.2. The molecule has 0 fully saturated rings. The van der Waals surface area contributed by atoms with E-state index in [1.807, 2.05) is 133 Å². The number of ether oxygens (including phenoxy) is 4. The van der Waals surface area contributed by atoms with Gasteiger partial charge < -0.3 is 18.9 Å². The van der Waals surface area contributed by atoms with Crippen LogP contribution in [0.15, 0.2) is 133 Å². The maximum absolute atomic E-state index is 13.3. The number of benzene rings is 6. The average molecular weight is 855 g/mol. The number of rotatable bonds is 0. The quantitative estimate of drug-likeness (QED) is 0.107. The van der Waals surface area contributed by atoms with Crippen LogP contribution < -0.4 is 19.6 Å². The number of aromatic nitrogens is 2. The zero-order chi connectivity index (χ0) is 44.5. The van der Waals surface area contributed by atoms with Gasteiger partial charge >= 0.3 is 24.4 Å². The van der Waals surface area contributed by atoms with Crippen LogP contribution in [0.2, 0.25) is 0 Å². The molecule has 0 aliphatic carbocycles. The van der Waals surface area contributed by atoms with Gasteiger partial charge in [-0.1, -0.05) is 72.8 Å². The predicted molar refractivity (Wildman–Crippen MR) is 246 cm³/mol. The number of hydrogen-bond donors (Lipinski definition) is 0. The van der Waals surface area contributed by atoms with Crippen molar-refractivity contribution in [1.29, 1.82) is 0 Å². The molecule has 14 nitrogen and oxygen atoms in total. The van der Waals surface area contributed by atoms with Crippen LogP contribution in [0.5, 0.6) is 0 Å². The zero-order valence-corrected chi connectivity index (χ0v) is 35.5. The molecule has 4 amide bonds. The van der Waals surface area contributed by atoms with E-state index in [2.05, 4.69) is 0 Å². The highest BCUT2D eigenvalue weighted by Gasteiger charge is 2.23. The summed E-state index contributed by atoms with van der Waals surface area (Å²) in [4.78, 5) is 69.3. The Morgan fingerprint density at radius 1 is 0.344 bits per heavy atom. The molecular weight excluding hydrogens is 813 g/mol. The number of pyridine rings is 2. The van der Waals surface area contributed by atoms with Crippen molar-refractivity contribution >= 4 is 90.7 Å². The van der Waals surface area contributed by atoms with E-state index in [1.165, 1.54) is 48.0 Å². The van der Waals surface area contributed by atoms with E-state index < -0.39 is 24.4 Å². The maximum Gasteiger partial charge on any atom is 0.414 e. The van der Waals surface area contributed by atoms with Crippen LogP contribution in [-0.4, -0.2) is 62.8 Å². The summed E-state index contributed by atoms with van der Waals surface area (Å²) in [5.41, 5.74) is 8.11. The van der Waals surface area contributed by atoms with Gasteiger partial charge in [0.2, 0.25) is 0 Å².